The lowest BCUT2D eigenvalue weighted by Crippen LogP contribution is -2.45. The maximum Gasteiger partial charge on any atom is 0.0612 e. The van der Waals surface area contributed by atoms with Gasteiger partial charge in [0.25, 0.3) is 0 Å². The van der Waals surface area contributed by atoms with E-state index in [1.165, 1.54) is 5.56 Å². The van der Waals surface area contributed by atoms with E-state index in [9.17, 15) is 0 Å². The predicted octanol–water partition coefficient (Wildman–Crippen LogP) is 5.08. The van der Waals surface area contributed by atoms with Crippen LogP contribution in [0.15, 0.2) is 46.9 Å². The molecule has 0 spiro atoms. The van der Waals surface area contributed by atoms with Gasteiger partial charge in [0.05, 0.1) is 10.0 Å². The zero-order valence-electron chi connectivity index (χ0n) is 12.1. The Morgan fingerprint density at radius 2 is 1.55 bits per heavy atom. The van der Waals surface area contributed by atoms with Crippen LogP contribution in [0.4, 0.5) is 5.69 Å². The van der Waals surface area contributed by atoms with Crippen molar-refractivity contribution in [1.29, 1.82) is 0 Å². The molecule has 2 aromatic rings. The maximum absolute atomic E-state index is 6.11. The van der Waals surface area contributed by atoms with Crippen molar-refractivity contribution in [3.63, 3.8) is 0 Å². The minimum Gasteiger partial charge on any atom is -0.369 e. The fourth-order valence-electron chi connectivity index (χ4n) is 2.69. The van der Waals surface area contributed by atoms with Crippen LogP contribution in [0.3, 0.4) is 0 Å². The summed E-state index contributed by atoms with van der Waals surface area (Å²) < 4.78 is 1.13. The van der Waals surface area contributed by atoms with E-state index in [4.69, 9.17) is 23.2 Å². The monoisotopic (exact) mass is 398 g/mol. The maximum atomic E-state index is 6.11. The highest BCUT2D eigenvalue weighted by Crippen LogP contribution is 2.28. The van der Waals surface area contributed by atoms with Crippen molar-refractivity contribution >= 4 is 44.8 Å². The van der Waals surface area contributed by atoms with Gasteiger partial charge in [0.15, 0.2) is 0 Å². The van der Waals surface area contributed by atoms with Gasteiger partial charge in [-0.25, -0.2) is 0 Å². The molecule has 1 saturated heterocycles. The third-order valence-electron chi connectivity index (χ3n) is 3.96. The summed E-state index contributed by atoms with van der Waals surface area (Å²) in [6.45, 7) is 5.12. The standard InChI is InChI=1S/C17H17BrCl2N2/c18-14-3-1-13(2-4-14)12-21-7-9-22(10-8-21)15-5-6-16(19)17(20)11-15/h1-6,11H,7-10,12H2. The summed E-state index contributed by atoms with van der Waals surface area (Å²) >= 11 is 15.6. The zero-order valence-corrected chi connectivity index (χ0v) is 15.2. The van der Waals surface area contributed by atoms with Crippen molar-refractivity contribution in [3.8, 4) is 0 Å². The number of hydrogen-bond acceptors (Lipinski definition) is 2. The van der Waals surface area contributed by atoms with Crippen LogP contribution >= 0.6 is 39.1 Å². The molecule has 0 radical (unpaired) electrons. The summed E-state index contributed by atoms with van der Waals surface area (Å²) in [4.78, 5) is 4.84. The highest BCUT2D eigenvalue weighted by atomic mass is 79.9. The number of rotatable bonds is 3. The van der Waals surface area contributed by atoms with Gasteiger partial charge in [-0.05, 0) is 35.9 Å². The molecule has 2 nitrogen and oxygen atoms in total. The van der Waals surface area contributed by atoms with Gasteiger partial charge in [0.1, 0.15) is 0 Å². The van der Waals surface area contributed by atoms with Gasteiger partial charge >= 0.3 is 0 Å². The van der Waals surface area contributed by atoms with Crippen LogP contribution in [0.5, 0.6) is 0 Å². The Balaban J connectivity index is 1.57. The molecule has 1 aliphatic rings. The van der Waals surface area contributed by atoms with Crippen molar-refractivity contribution < 1.29 is 0 Å². The summed E-state index contributed by atoms with van der Waals surface area (Å²) in [7, 11) is 0. The first-order valence-corrected chi connectivity index (χ1v) is 8.83. The van der Waals surface area contributed by atoms with Gasteiger partial charge in [-0.1, -0.05) is 51.3 Å². The second-order valence-electron chi connectivity index (χ2n) is 5.49. The van der Waals surface area contributed by atoms with E-state index < -0.39 is 0 Å². The molecule has 2 aromatic carbocycles. The normalized spacial score (nSPS) is 16.0. The molecular formula is C17H17BrCl2N2. The Hall–Kier alpha value is -0.740. The van der Waals surface area contributed by atoms with Crippen LogP contribution in [-0.4, -0.2) is 31.1 Å². The van der Waals surface area contributed by atoms with Gasteiger partial charge in [-0.2, -0.15) is 0 Å². The van der Waals surface area contributed by atoms with Gasteiger partial charge in [-0.15, -0.1) is 0 Å². The molecule has 5 heteroatoms. The topological polar surface area (TPSA) is 6.48 Å². The molecule has 1 fully saturated rings. The van der Waals surface area contributed by atoms with Crippen molar-refractivity contribution in [2.75, 3.05) is 31.1 Å². The van der Waals surface area contributed by atoms with Crippen molar-refractivity contribution in [3.05, 3.63) is 62.5 Å². The van der Waals surface area contributed by atoms with Gasteiger partial charge in [0, 0.05) is 42.9 Å². The van der Waals surface area contributed by atoms with Crippen molar-refractivity contribution in [2.24, 2.45) is 0 Å². The molecule has 0 aliphatic carbocycles. The number of benzene rings is 2. The quantitative estimate of drug-likeness (QED) is 0.710. The molecule has 22 heavy (non-hydrogen) atoms. The van der Waals surface area contributed by atoms with Crippen LogP contribution in [0.25, 0.3) is 0 Å². The van der Waals surface area contributed by atoms with Gasteiger partial charge < -0.3 is 4.90 Å². The van der Waals surface area contributed by atoms with Crippen LogP contribution < -0.4 is 4.90 Å². The zero-order chi connectivity index (χ0) is 15.5. The summed E-state index contributed by atoms with van der Waals surface area (Å²) in [5.74, 6) is 0. The SMILES string of the molecule is Clc1ccc(N2CCN(Cc3ccc(Br)cc3)CC2)cc1Cl. The average molecular weight is 400 g/mol. The van der Waals surface area contributed by atoms with Gasteiger partial charge in [-0.3, -0.25) is 4.90 Å². The van der Waals surface area contributed by atoms with E-state index in [2.05, 4.69) is 50.0 Å². The van der Waals surface area contributed by atoms with E-state index >= 15 is 0 Å². The first-order valence-electron chi connectivity index (χ1n) is 7.28. The second-order valence-corrected chi connectivity index (χ2v) is 7.22. The highest BCUT2D eigenvalue weighted by Gasteiger charge is 2.17. The first kappa shape index (κ1) is 16.1. The molecule has 0 aromatic heterocycles. The summed E-state index contributed by atoms with van der Waals surface area (Å²) in [5, 5.41) is 1.23. The molecule has 0 amide bonds. The molecule has 0 N–H and O–H groups in total. The first-order chi connectivity index (χ1) is 10.6. The lowest BCUT2D eigenvalue weighted by atomic mass is 10.2. The van der Waals surface area contributed by atoms with E-state index in [-0.39, 0.29) is 0 Å². The van der Waals surface area contributed by atoms with Crippen LogP contribution in [0.2, 0.25) is 10.0 Å². The number of nitrogens with zero attached hydrogens (tertiary/aromatic N) is 2. The smallest absolute Gasteiger partial charge is 0.0612 e. The molecule has 3 rings (SSSR count). The lowest BCUT2D eigenvalue weighted by molar-refractivity contribution is 0.250. The number of piperazine rings is 1. The molecule has 116 valence electrons. The predicted molar refractivity (Wildman–Crippen MR) is 98.1 cm³/mol. The number of anilines is 1. The van der Waals surface area contributed by atoms with Crippen LogP contribution in [0, 0.1) is 0 Å². The Morgan fingerprint density at radius 1 is 0.864 bits per heavy atom. The Bertz CT molecular complexity index is 638. The van der Waals surface area contributed by atoms with E-state index in [0.29, 0.717) is 10.0 Å². The van der Waals surface area contributed by atoms with E-state index in [1.54, 1.807) is 0 Å². The minimum absolute atomic E-state index is 0.610. The third kappa shape index (κ3) is 3.96. The largest absolute Gasteiger partial charge is 0.369 e. The molecular weight excluding hydrogens is 383 g/mol. The fraction of sp³-hybridized carbons (Fsp3) is 0.294. The molecule has 0 unspecified atom stereocenters. The molecule has 0 bridgehead atoms. The molecule has 1 heterocycles. The van der Waals surface area contributed by atoms with Crippen molar-refractivity contribution in [2.45, 2.75) is 6.54 Å². The number of halogens is 3. The van der Waals surface area contributed by atoms with Crippen molar-refractivity contribution in [1.82, 2.24) is 4.90 Å². The minimum atomic E-state index is 0.610. The highest BCUT2D eigenvalue weighted by molar-refractivity contribution is 9.10. The summed E-state index contributed by atoms with van der Waals surface area (Å²) in [5.41, 5.74) is 2.50. The van der Waals surface area contributed by atoms with Crippen LogP contribution in [-0.2, 0) is 6.54 Å². The van der Waals surface area contributed by atoms with Crippen LogP contribution in [0.1, 0.15) is 5.56 Å². The van der Waals surface area contributed by atoms with E-state index in [1.807, 2.05) is 18.2 Å². The molecule has 0 saturated carbocycles. The second kappa shape index (κ2) is 7.22. The molecule has 0 atom stereocenters. The summed E-state index contributed by atoms with van der Waals surface area (Å²) in [6.07, 6.45) is 0. The average Bonchev–Trinajstić information content (AvgIpc) is 2.53. The fourth-order valence-corrected chi connectivity index (χ4v) is 3.25. The Morgan fingerprint density at radius 3 is 2.18 bits per heavy atom. The summed E-state index contributed by atoms with van der Waals surface area (Å²) in [6, 6.07) is 14.4. The van der Waals surface area contributed by atoms with E-state index in [0.717, 1.165) is 42.9 Å². The van der Waals surface area contributed by atoms with Gasteiger partial charge in [0.2, 0.25) is 0 Å². The lowest BCUT2D eigenvalue weighted by Gasteiger charge is -2.36. The number of hydrogen-bond donors (Lipinski definition) is 0. The third-order valence-corrected chi connectivity index (χ3v) is 5.23. The molecule has 1 aliphatic heterocycles. The Kier molecular flexibility index (Phi) is 5.29. The Labute approximate surface area is 149 Å².